The number of carboxylic acids is 1. The van der Waals surface area contributed by atoms with Crippen molar-refractivity contribution in [1.82, 2.24) is 9.88 Å². The number of pyridine rings is 1. The maximum atomic E-state index is 12.6. The highest BCUT2D eigenvalue weighted by molar-refractivity contribution is 8.00. The van der Waals surface area contributed by atoms with Crippen LogP contribution in [0.15, 0.2) is 17.1 Å². The number of aromatic amines is 1. The van der Waals surface area contributed by atoms with Crippen molar-refractivity contribution in [2.75, 3.05) is 5.75 Å². The van der Waals surface area contributed by atoms with Gasteiger partial charge in [0, 0.05) is 23.7 Å². The van der Waals surface area contributed by atoms with E-state index in [0.717, 1.165) is 6.42 Å². The summed E-state index contributed by atoms with van der Waals surface area (Å²) in [5.74, 6) is -1.18. The highest BCUT2D eigenvalue weighted by atomic mass is 32.2. The molecule has 1 aromatic heterocycles. The smallest absolute Gasteiger partial charge is 0.327 e. The van der Waals surface area contributed by atoms with E-state index in [2.05, 4.69) is 4.98 Å². The summed E-state index contributed by atoms with van der Waals surface area (Å²) in [4.78, 5) is 40.1. The van der Waals surface area contributed by atoms with Crippen molar-refractivity contribution in [2.45, 2.75) is 38.1 Å². The summed E-state index contributed by atoms with van der Waals surface area (Å²) in [5, 5.41) is 9.10. The number of aliphatic carboxylic acids is 1. The largest absolute Gasteiger partial charge is 0.480 e. The Morgan fingerprint density at radius 2 is 2.24 bits per heavy atom. The van der Waals surface area contributed by atoms with E-state index in [1.165, 1.54) is 28.9 Å². The van der Waals surface area contributed by atoms with Crippen LogP contribution in [0.3, 0.4) is 0 Å². The second-order valence-electron chi connectivity index (χ2n) is 5.04. The molecule has 2 N–H and O–H groups in total. The summed E-state index contributed by atoms with van der Waals surface area (Å²) in [7, 11) is 0. The molecule has 1 aliphatic heterocycles. The van der Waals surface area contributed by atoms with Crippen molar-refractivity contribution in [3.8, 4) is 0 Å². The van der Waals surface area contributed by atoms with Gasteiger partial charge in [-0.1, -0.05) is 13.3 Å². The minimum Gasteiger partial charge on any atom is -0.480 e. The van der Waals surface area contributed by atoms with E-state index < -0.39 is 17.9 Å². The molecule has 1 saturated heterocycles. The normalized spacial score (nSPS) is 21.5. The Morgan fingerprint density at radius 1 is 1.52 bits per heavy atom. The fourth-order valence-corrected chi connectivity index (χ4v) is 3.89. The van der Waals surface area contributed by atoms with Crippen molar-refractivity contribution in [1.29, 1.82) is 0 Å². The minimum absolute atomic E-state index is 0.00421. The van der Waals surface area contributed by atoms with Crippen molar-refractivity contribution < 1.29 is 14.7 Å². The molecule has 0 bridgehead atoms. The lowest BCUT2D eigenvalue weighted by Crippen LogP contribution is -2.46. The van der Waals surface area contributed by atoms with Gasteiger partial charge >= 0.3 is 5.97 Å². The molecule has 7 heteroatoms. The van der Waals surface area contributed by atoms with E-state index in [1.807, 2.05) is 6.92 Å². The van der Waals surface area contributed by atoms with Gasteiger partial charge in [0.1, 0.15) is 11.6 Å². The standard InChI is InChI=1S/C14H18N2O4S/c1-3-4-12-16(10(7-21-12)14(19)20)13(18)9-6-15-8(2)5-11(9)17/h5-6,10,12H,3-4,7H2,1-2H3,(H,15,17)(H,19,20). The van der Waals surface area contributed by atoms with Gasteiger partial charge in [-0.05, 0) is 13.3 Å². The molecular formula is C14H18N2O4S. The summed E-state index contributed by atoms with van der Waals surface area (Å²) in [6.07, 6.45) is 2.92. The maximum absolute atomic E-state index is 12.6. The zero-order valence-corrected chi connectivity index (χ0v) is 12.8. The number of thioether (sulfide) groups is 1. The third-order valence-corrected chi connectivity index (χ3v) is 4.79. The lowest BCUT2D eigenvalue weighted by molar-refractivity contribution is -0.141. The second kappa shape index (κ2) is 6.34. The zero-order chi connectivity index (χ0) is 15.6. The third-order valence-electron chi connectivity index (χ3n) is 3.44. The predicted molar refractivity (Wildman–Crippen MR) is 80.5 cm³/mol. The van der Waals surface area contributed by atoms with Gasteiger partial charge in [0.2, 0.25) is 0 Å². The number of rotatable bonds is 4. The lowest BCUT2D eigenvalue weighted by atomic mass is 10.1. The summed E-state index contributed by atoms with van der Waals surface area (Å²) in [6, 6.07) is 0.473. The first kappa shape index (κ1) is 15.6. The number of nitrogens with one attached hydrogen (secondary N) is 1. The van der Waals surface area contributed by atoms with Crippen molar-refractivity contribution in [3.05, 3.63) is 33.7 Å². The van der Waals surface area contributed by atoms with Gasteiger partial charge in [0.15, 0.2) is 5.43 Å². The Hall–Kier alpha value is -1.76. The molecule has 0 saturated carbocycles. The Bertz CT molecular complexity index is 613. The monoisotopic (exact) mass is 310 g/mol. The topological polar surface area (TPSA) is 90.5 Å². The van der Waals surface area contributed by atoms with Crippen LogP contribution in [0.25, 0.3) is 0 Å². The quantitative estimate of drug-likeness (QED) is 0.878. The van der Waals surface area contributed by atoms with E-state index in [-0.39, 0.29) is 16.4 Å². The van der Waals surface area contributed by atoms with Crippen LogP contribution in [0.5, 0.6) is 0 Å². The molecule has 2 atom stereocenters. The number of hydrogen-bond acceptors (Lipinski definition) is 4. The molecule has 1 aromatic rings. The van der Waals surface area contributed by atoms with Gasteiger partial charge in [-0.2, -0.15) is 0 Å². The molecule has 2 rings (SSSR count). The molecule has 1 amide bonds. The molecule has 0 radical (unpaired) electrons. The number of carbonyl (C=O) groups excluding carboxylic acids is 1. The third kappa shape index (κ3) is 3.12. The van der Waals surface area contributed by atoms with Crippen molar-refractivity contribution >= 4 is 23.6 Å². The SMILES string of the molecule is CCCC1SCC(C(=O)O)N1C(=O)c1c[nH]c(C)cc1=O. The van der Waals surface area contributed by atoms with Crippen LogP contribution in [-0.4, -0.2) is 44.0 Å². The number of nitrogens with zero attached hydrogens (tertiary/aromatic N) is 1. The molecule has 2 unspecified atom stereocenters. The second-order valence-corrected chi connectivity index (χ2v) is 6.25. The lowest BCUT2D eigenvalue weighted by Gasteiger charge is -2.27. The van der Waals surface area contributed by atoms with Crippen LogP contribution in [0.4, 0.5) is 0 Å². The fourth-order valence-electron chi connectivity index (χ4n) is 2.37. The fraction of sp³-hybridized carbons (Fsp3) is 0.500. The Labute approximate surface area is 126 Å². The number of aromatic nitrogens is 1. The number of carboxylic acid groups (broad SMARTS) is 1. The first-order valence-electron chi connectivity index (χ1n) is 6.82. The van der Waals surface area contributed by atoms with Gasteiger partial charge in [-0.25, -0.2) is 4.79 Å². The highest BCUT2D eigenvalue weighted by Gasteiger charge is 2.41. The first-order chi connectivity index (χ1) is 9.95. The van der Waals surface area contributed by atoms with Gasteiger partial charge in [0.25, 0.3) is 5.91 Å². The van der Waals surface area contributed by atoms with Crippen LogP contribution in [0.1, 0.15) is 35.8 Å². The molecule has 114 valence electrons. The number of aryl methyl sites for hydroxylation is 1. The van der Waals surface area contributed by atoms with E-state index in [9.17, 15) is 19.5 Å². The Balaban J connectivity index is 2.36. The van der Waals surface area contributed by atoms with Crippen LogP contribution in [-0.2, 0) is 4.79 Å². The molecule has 2 heterocycles. The molecular weight excluding hydrogens is 292 g/mol. The average molecular weight is 310 g/mol. The van der Waals surface area contributed by atoms with Crippen LogP contribution >= 0.6 is 11.8 Å². The molecule has 6 nitrogen and oxygen atoms in total. The number of hydrogen-bond donors (Lipinski definition) is 2. The van der Waals surface area contributed by atoms with Gasteiger partial charge < -0.3 is 15.0 Å². The average Bonchev–Trinajstić information content (AvgIpc) is 2.82. The van der Waals surface area contributed by atoms with Crippen molar-refractivity contribution in [2.24, 2.45) is 0 Å². The molecule has 21 heavy (non-hydrogen) atoms. The molecule has 1 aliphatic rings. The summed E-state index contributed by atoms with van der Waals surface area (Å²) in [6.45, 7) is 3.71. The van der Waals surface area contributed by atoms with E-state index in [4.69, 9.17) is 0 Å². The van der Waals surface area contributed by atoms with E-state index >= 15 is 0 Å². The highest BCUT2D eigenvalue weighted by Crippen LogP contribution is 2.33. The number of amides is 1. The summed E-state index contributed by atoms with van der Waals surface area (Å²) < 4.78 is 0. The van der Waals surface area contributed by atoms with Crippen LogP contribution in [0.2, 0.25) is 0 Å². The van der Waals surface area contributed by atoms with Gasteiger partial charge in [-0.3, -0.25) is 9.59 Å². The molecule has 1 fully saturated rings. The maximum Gasteiger partial charge on any atom is 0.327 e. The molecule has 0 spiro atoms. The van der Waals surface area contributed by atoms with Gasteiger partial charge in [-0.15, -0.1) is 11.8 Å². The van der Waals surface area contributed by atoms with Crippen molar-refractivity contribution in [3.63, 3.8) is 0 Å². The minimum atomic E-state index is -1.03. The Kier molecular flexibility index (Phi) is 4.72. The summed E-state index contributed by atoms with van der Waals surface area (Å²) in [5.41, 5.74) is 0.273. The Morgan fingerprint density at radius 3 is 2.81 bits per heavy atom. The van der Waals surface area contributed by atoms with E-state index in [0.29, 0.717) is 17.9 Å². The molecule has 0 aliphatic carbocycles. The van der Waals surface area contributed by atoms with E-state index in [1.54, 1.807) is 6.92 Å². The van der Waals surface area contributed by atoms with Crippen LogP contribution < -0.4 is 5.43 Å². The summed E-state index contributed by atoms with van der Waals surface area (Å²) >= 11 is 1.46. The number of H-pyrrole nitrogens is 1. The van der Waals surface area contributed by atoms with Crippen LogP contribution in [0, 0.1) is 6.92 Å². The van der Waals surface area contributed by atoms with Gasteiger partial charge in [0.05, 0.1) is 5.37 Å². The predicted octanol–water partition coefficient (Wildman–Crippen LogP) is 1.45. The zero-order valence-electron chi connectivity index (χ0n) is 12.0. The first-order valence-corrected chi connectivity index (χ1v) is 7.87. The number of carbonyl (C=O) groups is 2. The molecule has 0 aromatic carbocycles.